The van der Waals surface area contributed by atoms with Gasteiger partial charge in [-0.05, 0) is 100.0 Å². The smallest absolute Gasteiger partial charge is 0.171 e. The van der Waals surface area contributed by atoms with Crippen molar-refractivity contribution in [1.82, 2.24) is 14.7 Å². The van der Waals surface area contributed by atoms with Crippen LogP contribution in [0.1, 0.15) is 58.8 Å². The fraction of sp³-hybridized carbons (Fsp3) is 0.833. The first kappa shape index (κ1) is 19.7. The number of carbonyl (C=O) groups excluding carboxylic acids is 1. The molecule has 1 saturated heterocycles. The van der Waals surface area contributed by atoms with E-state index in [0.29, 0.717) is 24.2 Å². The van der Waals surface area contributed by atoms with Crippen molar-refractivity contribution >= 4 is 5.78 Å². The van der Waals surface area contributed by atoms with Crippen LogP contribution in [0.3, 0.4) is 0 Å². The molecule has 8 atom stereocenters. The third-order valence-corrected chi connectivity index (χ3v) is 9.41. The van der Waals surface area contributed by atoms with Gasteiger partial charge in [0.2, 0.25) is 0 Å². The summed E-state index contributed by atoms with van der Waals surface area (Å²) >= 11 is 0. The predicted molar refractivity (Wildman–Crippen MR) is 112 cm³/mol. The van der Waals surface area contributed by atoms with Crippen LogP contribution >= 0.6 is 0 Å². The highest BCUT2D eigenvalue weighted by Gasteiger charge is 2.60. The molecule has 0 aromatic carbocycles. The molecule has 5 heteroatoms. The molecule has 29 heavy (non-hydrogen) atoms. The molecule has 0 amide bonds. The van der Waals surface area contributed by atoms with Crippen LogP contribution in [-0.2, 0) is 11.3 Å². The van der Waals surface area contributed by atoms with Crippen molar-refractivity contribution in [3.63, 3.8) is 0 Å². The topological polar surface area (TPSA) is 58.4 Å². The molecular weight excluding hydrogens is 362 g/mol. The molecular formula is C24H37N3O2. The molecule has 1 aromatic rings. The molecule has 4 aliphatic rings. The maximum Gasteiger partial charge on any atom is 0.171 e. The van der Waals surface area contributed by atoms with Gasteiger partial charge in [0.05, 0.1) is 11.6 Å². The molecule has 3 saturated carbocycles. The second kappa shape index (κ2) is 6.91. The largest absolute Gasteiger partial charge is 0.390 e. The number of aliphatic hydroxyl groups is 1. The number of hydrogen-bond donors (Lipinski definition) is 1. The standard InChI is InChI=1S/C24H37N3O2/c1-23(29)9-7-17-16(13-23)5-6-19-18(17)8-10-24(2)20(19)14-26(3)22(24)21(28)15-27-12-4-11-25-27/h4,11-12,16-20,22,29H,5-10,13-15H2,1-3H3/t16-,17+,18?,19?,20?,22-,23-,24+/m1/s1. The molecule has 160 valence electrons. The van der Waals surface area contributed by atoms with Crippen molar-refractivity contribution in [1.29, 1.82) is 0 Å². The molecule has 0 radical (unpaired) electrons. The van der Waals surface area contributed by atoms with Crippen molar-refractivity contribution in [3.8, 4) is 0 Å². The number of aromatic nitrogens is 2. The Morgan fingerprint density at radius 2 is 1.93 bits per heavy atom. The number of fused-ring (bicyclic) bond motifs is 5. The van der Waals surface area contributed by atoms with Crippen LogP contribution in [0.5, 0.6) is 0 Å². The molecule has 4 fully saturated rings. The van der Waals surface area contributed by atoms with Crippen molar-refractivity contribution in [2.24, 2.45) is 35.0 Å². The summed E-state index contributed by atoms with van der Waals surface area (Å²) in [5.41, 5.74) is -0.359. The SMILES string of the molecule is CN1CC2C3CC[C@@H]4C[C@](C)(O)CC[C@@H]4C3CC[C@]2(C)[C@H]1C(=O)Cn1cccn1. The first-order valence-corrected chi connectivity index (χ1v) is 11.7. The Morgan fingerprint density at radius 3 is 2.69 bits per heavy atom. The zero-order chi connectivity index (χ0) is 20.4. The number of likely N-dealkylation sites (tertiary alicyclic amines) is 1. The Labute approximate surface area is 174 Å². The fourth-order valence-corrected chi connectivity index (χ4v) is 8.29. The third kappa shape index (κ3) is 3.20. The molecule has 1 N–H and O–H groups in total. The highest BCUT2D eigenvalue weighted by atomic mass is 16.3. The molecule has 1 aliphatic heterocycles. The van der Waals surface area contributed by atoms with E-state index in [-0.39, 0.29) is 11.5 Å². The number of likely N-dealkylation sites (N-methyl/N-ethyl adjacent to an activating group) is 1. The summed E-state index contributed by atoms with van der Waals surface area (Å²) in [6, 6.07) is 1.91. The van der Waals surface area contributed by atoms with Crippen LogP contribution in [0.25, 0.3) is 0 Å². The molecule has 0 bridgehead atoms. The number of ketones is 1. The summed E-state index contributed by atoms with van der Waals surface area (Å²) in [5, 5.41) is 14.8. The van der Waals surface area contributed by atoms with Gasteiger partial charge in [0.15, 0.2) is 5.78 Å². The van der Waals surface area contributed by atoms with Crippen molar-refractivity contribution in [2.45, 2.75) is 77.0 Å². The summed E-state index contributed by atoms with van der Waals surface area (Å²) in [5.74, 6) is 4.01. The Morgan fingerprint density at radius 1 is 1.14 bits per heavy atom. The van der Waals surface area contributed by atoms with Crippen molar-refractivity contribution in [2.75, 3.05) is 13.6 Å². The van der Waals surface area contributed by atoms with Gasteiger partial charge >= 0.3 is 0 Å². The van der Waals surface area contributed by atoms with Gasteiger partial charge in [0.1, 0.15) is 6.54 Å². The van der Waals surface area contributed by atoms with Gasteiger partial charge in [-0.25, -0.2) is 0 Å². The minimum Gasteiger partial charge on any atom is -0.390 e. The molecule has 5 rings (SSSR count). The van der Waals surface area contributed by atoms with Crippen molar-refractivity contribution in [3.05, 3.63) is 18.5 Å². The normalized spacial score (nSPS) is 47.3. The lowest BCUT2D eigenvalue weighted by molar-refractivity contribution is -0.130. The van der Waals surface area contributed by atoms with Gasteiger partial charge in [0.25, 0.3) is 0 Å². The second-order valence-electron chi connectivity index (χ2n) is 11.2. The minimum atomic E-state index is -0.450. The zero-order valence-corrected chi connectivity index (χ0v) is 18.3. The van der Waals surface area contributed by atoms with Gasteiger partial charge < -0.3 is 5.11 Å². The van der Waals surface area contributed by atoms with E-state index in [4.69, 9.17) is 0 Å². The minimum absolute atomic E-state index is 0.0162. The third-order valence-electron chi connectivity index (χ3n) is 9.41. The fourth-order valence-electron chi connectivity index (χ4n) is 8.29. The molecule has 3 unspecified atom stereocenters. The lowest BCUT2D eigenvalue weighted by Crippen LogP contribution is -2.53. The Hall–Kier alpha value is -1.20. The first-order valence-electron chi connectivity index (χ1n) is 11.7. The van der Waals surface area contributed by atoms with E-state index in [2.05, 4.69) is 24.0 Å². The Balaban J connectivity index is 1.36. The van der Waals surface area contributed by atoms with E-state index in [1.54, 1.807) is 10.9 Å². The maximum absolute atomic E-state index is 13.3. The van der Waals surface area contributed by atoms with E-state index < -0.39 is 5.60 Å². The van der Waals surface area contributed by atoms with Crippen LogP contribution in [0.2, 0.25) is 0 Å². The second-order valence-corrected chi connectivity index (χ2v) is 11.2. The highest BCUT2D eigenvalue weighted by molar-refractivity contribution is 5.85. The molecule has 3 aliphatic carbocycles. The zero-order valence-electron chi connectivity index (χ0n) is 18.3. The van der Waals surface area contributed by atoms with Gasteiger partial charge in [-0.2, -0.15) is 5.10 Å². The van der Waals surface area contributed by atoms with Crippen LogP contribution in [0.15, 0.2) is 18.5 Å². The van der Waals surface area contributed by atoms with E-state index >= 15 is 0 Å². The van der Waals surface area contributed by atoms with E-state index in [1.165, 1.54) is 25.7 Å². The summed E-state index contributed by atoms with van der Waals surface area (Å²) < 4.78 is 1.78. The summed E-state index contributed by atoms with van der Waals surface area (Å²) in [7, 11) is 2.16. The van der Waals surface area contributed by atoms with Gasteiger partial charge in [0, 0.05) is 18.9 Å². The summed E-state index contributed by atoms with van der Waals surface area (Å²) in [6.45, 7) is 5.89. The number of rotatable bonds is 3. The maximum atomic E-state index is 13.3. The quantitative estimate of drug-likeness (QED) is 0.847. The summed E-state index contributed by atoms with van der Waals surface area (Å²) in [4.78, 5) is 15.7. The molecule has 0 spiro atoms. The van der Waals surface area contributed by atoms with Gasteiger partial charge in [-0.15, -0.1) is 0 Å². The van der Waals surface area contributed by atoms with Crippen LogP contribution in [0, 0.1) is 35.0 Å². The monoisotopic (exact) mass is 399 g/mol. The van der Waals surface area contributed by atoms with Crippen LogP contribution in [0.4, 0.5) is 0 Å². The molecule has 2 heterocycles. The van der Waals surface area contributed by atoms with Crippen molar-refractivity contribution < 1.29 is 9.90 Å². The van der Waals surface area contributed by atoms with Crippen LogP contribution in [-0.4, -0.2) is 50.8 Å². The van der Waals surface area contributed by atoms with Gasteiger partial charge in [-0.3, -0.25) is 14.4 Å². The van der Waals surface area contributed by atoms with E-state index in [0.717, 1.165) is 43.6 Å². The predicted octanol–water partition coefficient (Wildman–Crippen LogP) is 3.38. The van der Waals surface area contributed by atoms with E-state index in [9.17, 15) is 9.90 Å². The Kier molecular flexibility index (Phi) is 4.71. The lowest BCUT2D eigenvalue weighted by Gasteiger charge is -2.56. The highest BCUT2D eigenvalue weighted by Crippen LogP contribution is 2.61. The number of hydrogen-bond acceptors (Lipinski definition) is 4. The van der Waals surface area contributed by atoms with Crippen LogP contribution < -0.4 is 0 Å². The first-order chi connectivity index (χ1) is 13.8. The average molecular weight is 400 g/mol. The average Bonchev–Trinajstić information content (AvgIpc) is 3.25. The number of nitrogens with zero attached hydrogens (tertiary/aromatic N) is 3. The molecule has 5 nitrogen and oxygen atoms in total. The lowest BCUT2D eigenvalue weighted by atomic mass is 9.49. The number of carbonyl (C=O) groups is 1. The summed E-state index contributed by atoms with van der Waals surface area (Å²) in [6.07, 6.45) is 11.8. The van der Waals surface area contributed by atoms with Gasteiger partial charge in [-0.1, -0.05) is 6.92 Å². The number of Topliss-reactive ketones (excluding diaryl/α,β-unsaturated/α-hetero) is 1. The Bertz CT molecular complexity index is 760. The molecule has 1 aromatic heterocycles. The van der Waals surface area contributed by atoms with E-state index in [1.807, 2.05) is 19.2 Å².